The van der Waals surface area contributed by atoms with E-state index < -0.39 is 10.0 Å². The Hall–Kier alpha value is -0.920. The lowest BCUT2D eigenvalue weighted by Crippen LogP contribution is -2.29. The minimum atomic E-state index is -3.52. The average Bonchev–Trinajstić information content (AvgIpc) is 2.68. The monoisotopic (exact) mass is 260 g/mol. The van der Waals surface area contributed by atoms with E-state index in [9.17, 15) is 8.42 Å². The number of aromatic amines is 1. The molecular formula is C10H20N4O2S. The topological polar surface area (TPSA) is 101 Å². The maximum atomic E-state index is 12.1. The molecule has 0 fully saturated rings. The summed E-state index contributed by atoms with van der Waals surface area (Å²) in [7, 11) is -3.52. The second kappa shape index (κ2) is 5.61. The number of nitrogens with zero attached hydrogens (tertiary/aromatic N) is 1. The van der Waals surface area contributed by atoms with Crippen LogP contribution in [-0.2, 0) is 16.6 Å². The van der Waals surface area contributed by atoms with Gasteiger partial charge in [0.15, 0.2) is 0 Å². The van der Waals surface area contributed by atoms with Crippen LogP contribution in [0.5, 0.6) is 0 Å². The van der Waals surface area contributed by atoms with Crippen LogP contribution in [0, 0.1) is 12.8 Å². The van der Waals surface area contributed by atoms with Gasteiger partial charge >= 0.3 is 0 Å². The highest BCUT2D eigenvalue weighted by molar-refractivity contribution is 7.89. The van der Waals surface area contributed by atoms with Gasteiger partial charge in [0.2, 0.25) is 10.0 Å². The van der Waals surface area contributed by atoms with Crippen molar-refractivity contribution in [1.29, 1.82) is 0 Å². The van der Waals surface area contributed by atoms with Gasteiger partial charge in [0.25, 0.3) is 0 Å². The van der Waals surface area contributed by atoms with Crippen LogP contribution in [0.15, 0.2) is 4.90 Å². The minimum absolute atomic E-state index is 0.101. The molecule has 0 aliphatic heterocycles. The predicted octanol–water partition coefficient (Wildman–Crippen LogP) is 0.501. The van der Waals surface area contributed by atoms with Crippen molar-refractivity contribution in [2.24, 2.45) is 11.7 Å². The van der Waals surface area contributed by atoms with Crippen LogP contribution in [-0.4, -0.2) is 25.2 Å². The zero-order valence-electron chi connectivity index (χ0n) is 10.4. The predicted molar refractivity (Wildman–Crippen MR) is 65.9 cm³/mol. The first kappa shape index (κ1) is 14.1. The number of aromatic nitrogens is 2. The Morgan fingerprint density at radius 2 is 2.18 bits per heavy atom. The number of nitrogens with two attached hydrogens (primary N) is 1. The number of nitrogens with one attached hydrogen (secondary N) is 2. The number of sulfonamides is 1. The van der Waals surface area contributed by atoms with Crippen molar-refractivity contribution in [3.8, 4) is 0 Å². The maximum Gasteiger partial charge on any atom is 0.244 e. The van der Waals surface area contributed by atoms with E-state index in [0.29, 0.717) is 23.9 Å². The zero-order valence-corrected chi connectivity index (χ0v) is 11.3. The van der Waals surface area contributed by atoms with Crippen molar-refractivity contribution >= 4 is 10.0 Å². The summed E-state index contributed by atoms with van der Waals surface area (Å²) < 4.78 is 26.8. The molecule has 0 aromatic carbocycles. The molecular weight excluding hydrogens is 240 g/mol. The largest absolute Gasteiger partial charge is 0.325 e. The van der Waals surface area contributed by atoms with Crippen molar-refractivity contribution in [1.82, 2.24) is 14.9 Å². The summed E-state index contributed by atoms with van der Waals surface area (Å²) in [4.78, 5) is 0.184. The fourth-order valence-corrected chi connectivity index (χ4v) is 2.97. The minimum Gasteiger partial charge on any atom is -0.325 e. The fourth-order valence-electron chi connectivity index (χ4n) is 1.43. The van der Waals surface area contributed by atoms with E-state index in [4.69, 9.17) is 5.73 Å². The molecule has 1 rings (SSSR count). The molecule has 0 aliphatic carbocycles. The summed E-state index contributed by atoms with van der Waals surface area (Å²) in [5.74, 6) is 0.304. The third-order valence-electron chi connectivity index (χ3n) is 2.74. The van der Waals surface area contributed by atoms with E-state index in [0.717, 1.165) is 6.42 Å². The number of H-pyrrole nitrogens is 1. The Morgan fingerprint density at radius 3 is 2.71 bits per heavy atom. The molecule has 98 valence electrons. The van der Waals surface area contributed by atoms with Crippen LogP contribution in [0.1, 0.15) is 31.7 Å². The summed E-state index contributed by atoms with van der Waals surface area (Å²) in [5.41, 5.74) is 6.36. The Balaban J connectivity index is 2.93. The van der Waals surface area contributed by atoms with Gasteiger partial charge in [-0.15, -0.1) is 0 Å². The molecule has 4 N–H and O–H groups in total. The second-order valence-corrected chi connectivity index (χ2v) is 5.90. The van der Waals surface area contributed by atoms with Crippen molar-refractivity contribution in [3.63, 3.8) is 0 Å². The molecule has 0 amide bonds. The summed E-state index contributed by atoms with van der Waals surface area (Å²) >= 11 is 0. The van der Waals surface area contributed by atoms with Crippen LogP contribution in [0.2, 0.25) is 0 Å². The van der Waals surface area contributed by atoms with Gasteiger partial charge in [0.05, 0.1) is 11.4 Å². The van der Waals surface area contributed by atoms with Crippen LogP contribution >= 0.6 is 0 Å². The van der Waals surface area contributed by atoms with Gasteiger partial charge in [0.1, 0.15) is 4.90 Å². The van der Waals surface area contributed by atoms with E-state index >= 15 is 0 Å². The second-order valence-electron chi connectivity index (χ2n) is 4.19. The molecule has 17 heavy (non-hydrogen) atoms. The van der Waals surface area contributed by atoms with Crippen LogP contribution in [0.4, 0.5) is 0 Å². The maximum absolute atomic E-state index is 12.1. The molecule has 6 nitrogen and oxygen atoms in total. The molecule has 0 spiro atoms. The first-order valence-electron chi connectivity index (χ1n) is 5.66. The Bertz CT molecular complexity index is 467. The Labute approximate surface area is 102 Å². The standard InChI is InChI=1S/C10H20N4O2S/c1-4-7(2)6-12-17(15,16)10-8(3)13-14-9(10)5-11/h7,12H,4-6,11H2,1-3H3,(H,13,14). The molecule has 1 atom stereocenters. The lowest BCUT2D eigenvalue weighted by atomic mass is 10.1. The van der Waals surface area contributed by atoms with E-state index in [2.05, 4.69) is 14.9 Å². The SMILES string of the molecule is CCC(C)CNS(=O)(=O)c1c(CN)n[nH]c1C. The van der Waals surface area contributed by atoms with E-state index in [-0.39, 0.29) is 11.4 Å². The number of hydrogen-bond donors (Lipinski definition) is 3. The lowest BCUT2D eigenvalue weighted by Gasteiger charge is -2.11. The first-order chi connectivity index (χ1) is 7.92. The van der Waals surface area contributed by atoms with Crippen LogP contribution < -0.4 is 10.5 Å². The van der Waals surface area contributed by atoms with E-state index in [1.165, 1.54) is 0 Å². The third kappa shape index (κ3) is 3.27. The molecule has 1 aromatic rings. The van der Waals surface area contributed by atoms with Crippen LogP contribution in [0.25, 0.3) is 0 Å². The fraction of sp³-hybridized carbons (Fsp3) is 0.700. The lowest BCUT2D eigenvalue weighted by molar-refractivity contribution is 0.527. The summed E-state index contributed by atoms with van der Waals surface area (Å²) in [6.45, 7) is 6.21. The van der Waals surface area contributed by atoms with Crippen molar-refractivity contribution in [3.05, 3.63) is 11.4 Å². The highest BCUT2D eigenvalue weighted by atomic mass is 32.2. The highest BCUT2D eigenvalue weighted by Gasteiger charge is 2.23. The summed E-state index contributed by atoms with van der Waals surface area (Å²) in [6, 6.07) is 0. The van der Waals surface area contributed by atoms with Crippen molar-refractivity contribution in [2.75, 3.05) is 6.54 Å². The van der Waals surface area contributed by atoms with Gasteiger partial charge in [-0.2, -0.15) is 5.10 Å². The number of hydrogen-bond acceptors (Lipinski definition) is 4. The Kier molecular flexibility index (Phi) is 4.67. The van der Waals surface area contributed by atoms with Gasteiger partial charge in [-0.05, 0) is 12.8 Å². The smallest absolute Gasteiger partial charge is 0.244 e. The van der Waals surface area contributed by atoms with E-state index in [1.807, 2.05) is 13.8 Å². The summed E-state index contributed by atoms with van der Waals surface area (Å²) in [6.07, 6.45) is 0.927. The van der Waals surface area contributed by atoms with Crippen molar-refractivity contribution < 1.29 is 8.42 Å². The van der Waals surface area contributed by atoms with E-state index in [1.54, 1.807) is 6.92 Å². The number of aryl methyl sites for hydroxylation is 1. The Morgan fingerprint density at radius 1 is 1.53 bits per heavy atom. The quantitative estimate of drug-likeness (QED) is 0.693. The van der Waals surface area contributed by atoms with Gasteiger partial charge < -0.3 is 5.73 Å². The molecule has 0 radical (unpaired) electrons. The number of rotatable bonds is 6. The molecule has 1 unspecified atom stereocenters. The van der Waals surface area contributed by atoms with Gasteiger partial charge in [0, 0.05) is 13.1 Å². The molecule has 7 heteroatoms. The van der Waals surface area contributed by atoms with Gasteiger partial charge in [-0.25, -0.2) is 13.1 Å². The molecule has 1 aromatic heterocycles. The summed E-state index contributed by atoms with van der Waals surface area (Å²) in [5, 5.41) is 6.53. The van der Waals surface area contributed by atoms with Gasteiger partial charge in [-0.3, -0.25) is 5.10 Å². The third-order valence-corrected chi connectivity index (χ3v) is 4.37. The van der Waals surface area contributed by atoms with Gasteiger partial charge in [-0.1, -0.05) is 20.3 Å². The molecule has 0 saturated heterocycles. The molecule has 1 heterocycles. The molecule has 0 saturated carbocycles. The first-order valence-corrected chi connectivity index (χ1v) is 7.14. The average molecular weight is 260 g/mol. The zero-order chi connectivity index (χ0) is 13.1. The molecule has 0 aliphatic rings. The van der Waals surface area contributed by atoms with Crippen molar-refractivity contribution in [2.45, 2.75) is 38.6 Å². The normalized spacial score (nSPS) is 13.9. The highest BCUT2D eigenvalue weighted by Crippen LogP contribution is 2.17. The van der Waals surface area contributed by atoms with Crippen LogP contribution in [0.3, 0.4) is 0 Å². The molecule has 0 bridgehead atoms.